The molecule has 2 rings (SSSR count). The van der Waals surface area contributed by atoms with Gasteiger partial charge in [-0.25, -0.2) is 4.79 Å². The Morgan fingerprint density at radius 1 is 1.32 bits per heavy atom. The summed E-state index contributed by atoms with van der Waals surface area (Å²) in [5.41, 5.74) is 2.30. The molecule has 0 aliphatic heterocycles. The van der Waals surface area contributed by atoms with Crippen molar-refractivity contribution in [2.75, 3.05) is 11.4 Å². The summed E-state index contributed by atoms with van der Waals surface area (Å²) in [6.45, 7) is 5.50. The van der Waals surface area contributed by atoms with E-state index in [-0.39, 0.29) is 5.76 Å². The summed E-state index contributed by atoms with van der Waals surface area (Å²) in [6.07, 6.45) is 0. The van der Waals surface area contributed by atoms with Crippen LogP contribution in [0.25, 0.3) is 0 Å². The SMILES string of the molecule is CCN(Cc1ccc(C(=O)O)o1)c1cccc(C)c1. The van der Waals surface area contributed by atoms with Crippen LogP contribution >= 0.6 is 0 Å². The van der Waals surface area contributed by atoms with Crippen molar-refractivity contribution < 1.29 is 14.3 Å². The third-order valence-electron chi connectivity index (χ3n) is 2.97. The maximum Gasteiger partial charge on any atom is 0.371 e. The summed E-state index contributed by atoms with van der Waals surface area (Å²) in [5, 5.41) is 8.84. The standard InChI is InChI=1S/C15H17NO3/c1-3-16(12-6-4-5-11(2)9-12)10-13-7-8-14(19-13)15(17)18/h4-9H,3,10H2,1-2H3,(H,17,18). The van der Waals surface area contributed by atoms with Crippen molar-refractivity contribution in [1.82, 2.24) is 0 Å². The first-order valence-electron chi connectivity index (χ1n) is 6.23. The molecule has 2 aromatic rings. The zero-order chi connectivity index (χ0) is 13.8. The molecule has 0 fully saturated rings. The number of benzene rings is 1. The summed E-state index contributed by atoms with van der Waals surface area (Å²) < 4.78 is 5.29. The second-order valence-corrected chi connectivity index (χ2v) is 4.42. The van der Waals surface area contributed by atoms with E-state index in [1.807, 2.05) is 25.1 Å². The normalized spacial score (nSPS) is 10.4. The van der Waals surface area contributed by atoms with Crippen molar-refractivity contribution in [2.45, 2.75) is 20.4 Å². The van der Waals surface area contributed by atoms with Gasteiger partial charge in [0.05, 0.1) is 6.54 Å². The Morgan fingerprint density at radius 3 is 2.68 bits per heavy atom. The number of aryl methyl sites for hydroxylation is 1. The molecule has 1 aromatic heterocycles. The quantitative estimate of drug-likeness (QED) is 0.895. The van der Waals surface area contributed by atoms with Crippen molar-refractivity contribution in [2.24, 2.45) is 0 Å². The zero-order valence-electron chi connectivity index (χ0n) is 11.1. The lowest BCUT2D eigenvalue weighted by molar-refractivity contribution is 0.0660. The topological polar surface area (TPSA) is 53.7 Å². The van der Waals surface area contributed by atoms with Crippen molar-refractivity contribution in [3.8, 4) is 0 Å². The summed E-state index contributed by atoms with van der Waals surface area (Å²) in [6, 6.07) is 11.4. The summed E-state index contributed by atoms with van der Waals surface area (Å²) in [5.74, 6) is -0.402. The highest BCUT2D eigenvalue weighted by molar-refractivity contribution is 5.84. The van der Waals surface area contributed by atoms with Crippen molar-refractivity contribution >= 4 is 11.7 Å². The van der Waals surface area contributed by atoms with Crippen LogP contribution in [-0.2, 0) is 6.54 Å². The highest BCUT2D eigenvalue weighted by atomic mass is 16.4. The van der Waals surface area contributed by atoms with E-state index in [1.54, 1.807) is 6.07 Å². The summed E-state index contributed by atoms with van der Waals surface area (Å²) in [4.78, 5) is 12.9. The number of hydrogen-bond acceptors (Lipinski definition) is 3. The second kappa shape index (κ2) is 5.61. The number of carboxylic acid groups (broad SMARTS) is 1. The van der Waals surface area contributed by atoms with E-state index >= 15 is 0 Å². The van der Waals surface area contributed by atoms with E-state index in [0.717, 1.165) is 12.2 Å². The molecule has 4 nitrogen and oxygen atoms in total. The molecule has 0 saturated carbocycles. The third-order valence-corrected chi connectivity index (χ3v) is 2.97. The molecule has 0 saturated heterocycles. The van der Waals surface area contributed by atoms with Gasteiger partial charge in [0, 0.05) is 12.2 Å². The van der Waals surface area contributed by atoms with Gasteiger partial charge in [-0.2, -0.15) is 0 Å². The fourth-order valence-electron chi connectivity index (χ4n) is 1.98. The van der Waals surface area contributed by atoms with Gasteiger partial charge in [-0.1, -0.05) is 12.1 Å². The van der Waals surface area contributed by atoms with Crippen LogP contribution in [0.2, 0.25) is 0 Å². The largest absolute Gasteiger partial charge is 0.475 e. The minimum absolute atomic E-state index is 0.0182. The number of nitrogens with zero attached hydrogens (tertiary/aromatic N) is 1. The maximum atomic E-state index is 10.8. The van der Waals surface area contributed by atoms with Gasteiger partial charge in [-0.15, -0.1) is 0 Å². The molecule has 19 heavy (non-hydrogen) atoms. The van der Waals surface area contributed by atoms with Crippen LogP contribution in [0.1, 0.15) is 28.8 Å². The predicted octanol–water partition coefficient (Wildman–Crippen LogP) is 3.31. The molecule has 0 bridgehead atoms. The van der Waals surface area contributed by atoms with Gasteiger partial charge >= 0.3 is 5.97 Å². The van der Waals surface area contributed by atoms with E-state index in [0.29, 0.717) is 12.3 Å². The van der Waals surface area contributed by atoms with Crippen molar-refractivity contribution in [1.29, 1.82) is 0 Å². The molecule has 0 amide bonds. The smallest absolute Gasteiger partial charge is 0.371 e. The van der Waals surface area contributed by atoms with Crippen LogP contribution in [0.15, 0.2) is 40.8 Å². The number of rotatable bonds is 5. The number of carbonyl (C=O) groups is 1. The second-order valence-electron chi connectivity index (χ2n) is 4.42. The molecule has 0 aliphatic rings. The Bertz CT molecular complexity index is 574. The first kappa shape index (κ1) is 13.2. The van der Waals surface area contributed by atoms with Crippen LogP contribution in [0.5, 0.6) is 0 Å². The average Bonchev–Trinajstić information content (AvgIpc) is 2.84. The lowest BCUT2D eigenvalue weighted by Crippen LogP contribution is -2.21. The van der Waals surface area contributed by atoms with Crippen LogP contribution in [-0.4, -0.2) is 17.6 Å². The Hall–Kier alpha value is -2.23. The molecule has 0 radical (unpaired) electrons. The molecule has 1 N–H and O–H groups in total. The Morgan fingerprint density at radius 2 is 2.11 bits per heavy atom. The Kier molecular flexibility index (Phi) is 3.90. The van der Waals surface area contributed by atoms with Gasteiger partial charge in [0.25, 0.3) is 0 Å². The van der Waals surface area contributed by atoms with Gasteiger partial charge in [0.2, 0.25) is 5.76 Å². The van der Waals surface area contributed by atoms with Crippen LogP contribution in [0.4, 0.5) is 5.69 Å². The van der Waals surface area contributed by atoms with Gasteiger partial charge in [-0.05, 0) is 43.7 Å². The number of furan rings is 1. The van der Waals surface area contributed by atoms with Gasteiger partial charge in [-0.3, -0.25) is 0 Å². The van der Waals surface area contributed by atoms with E-state index in [4.69, 9.17) is 9.52 Å². The van der Waals surface area contributed by atoms with Gasteiger partial charge in [0.1, 0.15) is 5.76 Å². The minimum atomic E-state index is -1.04. The minimum Gasteiger partial charge on any atom is -0.475 e. The number of anilines is 1. The monoisotopic (exact) mass is 259 g/mol. The lowest BCUT2D eigenvalue weighted by Gasteiger charge is -2.22. The molecular weight excluding hydrogens is 242 g/mol. The van der Waals surface area contributed by atoms with Gasteiger partial charge < -0.3 is 14.4 Å². The number of aromatic carboxylic acids is 1. The molecule has 100 valence electrons. The Balaban J connectivity index is 2.16. The number of carboxylic acids is 1. The van der Waals surface area contributed by atoms with Crippen molar-refractivity contribution in [3.05, 3.63) is 53.5 Å². The highest BCUT2D eigenvalue weighted by Gasteiger charge is 2.12. The predicted molar refractivity (Wildman–Crippen MR) is 73.6 cm³/mol. The van der Waals surface area contributed by atoms with E-state index in [9.17, 15) is 4.79 Å². The molecule has 0 spiro atoms. The molecule has 4 heteroatoms. The van der Waals surface area contributed by atoms with E-state index in [2.05, 4.69) is 17.9 Å². The summed E-state index contributed by atoms with van der Waals surface area (Å²) in [7, 11) is 0. The fourth-order valence-corrected chi connectivity index (χ4v) is 1.98. The first-order chi connectivity index (χ1) is 9.10. The molecular formula is C15H17NO3. The average molecular weight is 259 g/mol. The van der Waals surface area contributed by atoms with Crippen LogP contribution in [0.3, 0.4) is 0 Å². The Labute approximate surface area is 112 Å². The molecule has 0 unspecified atom stereocenters. The highest BCUT2D eigenvalue weighted by Crippen LogP contribution is 2.19. The first-order valence-corrected chi connectivity index (χ1v) is 6.23. The molecule has 1 heterocycles. The van der Waals surface area contributed by atoms with E-state index < -0.39 is 5.97 Å². The summed E-state index contributed by atoms with van der Waals surface area (Å²) >= 11 is 0. The van der Waals surface area contributed by atoms with Crippen molar-refractivity contribution in [3.63, 3.8) is 0 Å². The number of hydrogen-bond donors (Lipinski definition) is 1. The molecule has 1 aromatic carbocycles. The van der Waals surface area contributed by atoms with Crippen LogP contribution in [0, 0.1) is 6.92 Å². The lowest BCUT2D eigenvalue weighted by atomic mass is 10.2. The van der Waals surface area contributed by atoms with Gasteiger partial charge in [0.15, 0.2) is 0 Å². The third kappa shape index (κ3) is 3.16. The van der Waals surface area contributed by atoms with Crippen LogP contribution < -0.4 is 4.90 Å². The molecule has 0 atom stereocenters. The van der Waals surface area contributed by atoms with E-state index in [1.165, 1.54) is 11.6 Å². The maximum absolute atomic E-state index is 10.8. The molecule has 0 aliphatic carbocycles. The zero-order valence-corrected chi connectivity index (χ0v) is 11.1. The fraction of sp³-hybridized carbons (Fsp3) is 0.267.